The van der Waals surface area contributed by atoms with Crippen molar-refractivity contribution in [3.8, 4) is 0 Å². The zero-order valence-electron chi connectivity index (χ0n) is 6.37. The standard InChI is InChI=1S/C7H7BrN2OS/c1-5(11)10-9-2-6-3-12-4-7(6)8/h2-4H,1H3,(H,10,11)/b9-2+. The topological polar surface area (TPSA) is 41.5 Å². The molecule has 0 aromatic carbocycles. The van der Waals surface area contributed by atoms with Crippen molar-refractivity contribution in [2.24, 2.45) is 5.10 Å². The molecule has 0 bridgehead atoms. The molecule has 1 rings (SSSR count). The molecule has 1 heterocycles. The van der Waals surface area contributed by atoms with Gasteiger partial charge in [-0.2, -0.15) is 16.4 Å². The molecular formula is C7H7BrN2OS. The highest BCUT2D eigenvalue weighted by atomic mass is 79.9. The molecule has 1 amide bonds. The predicted octanol–water partition coefficient (Wildman–Crippen LogP) is 1.98. The van der Waals surface area contributed by atoms with E-state index < -0.39 is 0 Å². The van der Waals surface area contributed by atoms with Gasteiger partial charge in [0, 0.05) is 27.7 Å². The van der Waals surface area contributed by atoms with E-state index in [-0.39, 0.29) is 5.91 Å². The number of rotatable bonds is 2. The second-order valence-corrected chi connectivity index (χ2v) is 3.70. The Balaban J connectivity index is 2.57. The maximum Gasteiger partial charge on any atom is 0.236 e. The summed E-state index contributed by atoms with van der Waals surface area (Å²) in [6, 6.07) is 0. The normalized spacial score (nSPS) is 10.5. The number of hydrogen-bond acceptors (Lipinski definition) is 3. The van der Waals surface area contributed by atoms with Crippen LogP contribution in [0.25, 0.3) is 0 Å². The molecule has 12 heavy (non-hydrogen) atoms. The number of hydrogen-bond donors (Lipinski definition) is 1. The third kappa shape index (κ3) is 2.75. The lowest BCUT2D eigenvalue weighted by atomic mass is 10.4. The molecule has 0 aliphatic rings. The van der Waals surface area contributed by atoms with Gasteiger partial charge >= 0.3 is 0 Å². The number of carbonyl (C=O) groups excluding carboxylic acids is 1. The van der Waals surface area contributed by atoms with Crippen molar-refractivity contribution in [2.45, 2.75) is 6.92 Å². The molecule has 1 aromatic heterocycles. The van der Waals surface area contributed by atoms with Gasteiger partial charge in [-0.1, -0.05) is 0 Å². The van der Waals surface area contributed by atoms with Gasteiger partial charge in [-0.15, -0.1) is 0 Å². The van der Waals surface area contributed by atoms with Gasteiger partial charge in [0.15, 0.2) is 0 Å². The molecule has 0 saturated carbocycles. The number of carbonyl (C=O) groups is 1. The Bertz CT molecular complexity index is 308. The fraction of sp³-hybridized carbons (Fsp3) is 0.143. The van der Waals surface area contributed by atoms with Gasteiger partial charge in [-0.05, 0) is 15.9 Å². The van der Waals surface area contributed by atoms with Crippen molar-refractivity contribution in [2.75, 3.05) is 0 Å². The highest BCUT2D eigenvalue weighted by Gasteiger charge is 1.95. The van der Waals surface area contributed by atoms with Crippen LogP contribution < -0.4 is 5.43 Å². The number of hydrazone groups is 1. The molecule has 0 aliphatic heterocycles. The van der Waals surface area contributed by atoms with Crippen LogP contribution in [0.3, 0.4) is 0 Å². The van der Waals surface area contributed by atoms with Crippen molar-refractivity contribution in [3.63, 3.8) is 0 Å². The smallest absolute Gasteiger partial charge is 0.236 e. The minimum atomic E-state index is -0.169. The van der Waals surface area contributed by atoms with Gasteiger partial charge < -0.3 is 0 Å². The molecule has 1 N–H and O–H groups in total. The Morgan fingerprint density at radius 3 is 3.00 bits per heavy atom. The Morgan fingerprint density at radius 1 is 1.75 bits per heavy atom. The SMILES string of the molecule is CC(=O)N/N=C/c1cscc1Br. The fourth-order valence-electron chi connectivity index (χ4n) is 0.576. The van der Waals surface area contributed by atoms with E-state index in [4.69, 9.17) is 0 Å². The molecular weight excluding hydrogens is 240 g/mol. The summed E-state index contributed by atoms with van der Waals surface area (Å²) < 4.78 is 0.988. The summed E-state index contributed by atoms with van der Waals surface area (Å²) in [5.41, 5.74) is 3.29. The summed E-state index contributed by atoms with van der Waals surface area (Å²) in [5.74, 6) is -0.169. The Morgan fingerprint density at radius 2 is 2.50 bits per heavy atom. The van der Waals surface area contributed by atoms with Crippen LogP contribution in [0, 0.1) is 0 Å². The van der Waals surface area contributed by atoms with Gasteiger partial charge in [0.05, 0.1) is 6.21 Å². The summed E-state index contributed by atoms with van der Waals surface area (Å²) >= 11 is 4.91. The van der Waals surface area contributed by atoms with E-state index in [1.165, 1.54) is 6.92 Å². The zero-order valence-corrected chi connectivity index (χ0v) is 8.78. The van der Waals surface area contributed by atoms with E-state index >= 15 is 0 Å². The molecule has 1 aromatic rings. The average Bonchev–Trinajstić information content (AvgIpc) is 2.36. The van der Waals surface area contributed by atoms with Crippen LogP contribution in [0.1, 0.15) is 12.5 Å². The van der Waals surface area contributed by atoms with Crippen molar-refractivity contribution < 1.29 is 4.79 Å². The number of halogens is 1. The molecule has 0 radical (unpaired) electrons. The first-order valence-electron chi connectivity index (χ1n) is 3.21. The van der Waals surface area contributed by atoms with Crippen molar-refractivity contribution in [1.82, 2.24) is 5.43 Å². The molecule has 0 atom stereocenters. The van der Waals surface area contributed by atoms with Crippen LogP contribution in [0.5, 0.6) is 0 Å². The summed E-state index contributed by atoms with van der Waals surface area (Å²) in [5, 5.41) is 7.62. The van der Waals surface area contributed by atoms with E-state index in [0.29, 0.717) is 0 Å². The van der Waals surface area contributed by atoms with Gasteiger partial charge in [-0.3, -0.25) is 4.79 Å². The lowest BCUT2D eigenvalue weighted by molar-refractivity contribution is -0.118. The van der Waals surface area contributed by atoms with Crippen LogP contribution in [0.4, 0.5) is 0 Å². The summed E-state index contributed by atoms with van der Waals surface area (Å²) in [6.07, 6.45) is 1.60. The monoisotopic (exact) mass is 246 g/mol. The fourth-order valence-corrected chi connectivity index (χ4v) is 1.93. The van der Waals surface area contributed by atoms with Gasteiger partial charge in [0.2, 0.25) is 5.91 Å². The molecule has 5 heteroatoms. The lowest BCUT2D eigenvalue weighted by Gasteiger charge is -1.90. The van der Waals surface area contributed by atoms with Gasteiger partial charge in [-0.25, -0.2) is 5.43 Å². The molecule has 0 unspecified atom stereocenters. The summed E-state index contributed by atoms with van der Waals surface area (Å²) in [4.78, 5) is 10.4. The highest BCUT2D eigenvalue weighted by molar-refractivity contribution is 9.10. The Hall–Kier alpha value is -0.680. The van der Waals surface area contributed by atoms with E-state index in [9.17, 15) is 4.79 Å². The van der Waals surface area contributed by atoms with E-state index in [2.05, 4.69) is 26.5 Å². The first-order valence-corrected chi connectivity index (χ1v) is 4.95. The van der Waals surface area contributed by atoms with Crippen LogP contribution in [0.15, 0.2) is 20.3 Å². The first-order chi connectivity index (χ1) is 5.70. The number of nitrogens with one attached hydrogen (secondary N) is 1. The van der Waals surface area contributed by atoms with E-state index in [1.807, 2.05) is 10.8 Å². The molecule has 0 saturated heterocycles. The molecule has 0 aliphatic carbocycles. The highest BCUT2D eigenvalue weighted by Crippen LogP contribution is 2.18. The van der Waals surface area contributed by atoms with E-state index in [0.717, 1.165) is 10.0 Å². The molecule has 64 valence electrons. The largest absolute Gasteiger partial charge is 0.274 e. The third-order valence-corrected chi connectivity index (χ3v) is 2.82. The quantitative estimate of drug-likeness (QED) is 0.630. The Kier molecular flexibility index (Phi) is 3.43. The minimum absolute atomic E-state index is 0.169. The number of thiophene rings is 1. The molecule has 3 nitrogen and oxygen atoms in total. The molecule has 0 spiro atoms. The maximum absolute atomic E-state index is 10.4. The van der Waals surface area contributed by atoms with Crippen molar-refractivity contribution >= 4 is 39.4 Å². The summed E-state index contributed by atoms with van der Waals surface area (Å²) in [6.45, 7) is 1.42. The average molecular weight is 247 g/mol. The summed E-state index contributed by atoms with van der Waals surface area (Å²) in [7, 11) is 0. The zero-order chi connectivity index (χ0) is 8.97. The Labute approximate surface area is 82.6 Å². The van der Waals surface area contributed by atoms with Crippen LogP contribution >= 0.6 is 27.3 Å². The number of nitrogens with zero attached hydrogens (tertiary/aromatic N) is 1. The predicted molar refractivity (Wildman–Crippen MR) is 53.4 cm³/mol. The lowest BCUT2D eigenvalue weighted by Crippen LogP contribution is -2.12. The second-order valence-electron chi connectivity index (χ2n) is 2.10. The van der Waals surface area contributed by atoms with E-state index in [1.54, 1.807) is 17.6 Å². The van der Waals surface area contributed by atoms with Gasteiger partial charge in [0.1, 0.15) is 0 Å². The minimum Gasteiger partial charge on any atom is -0.274 e. The third-order valence-electron chi connectivity index (χ3n) is 1.07. The van der Waals surface area contributed by atoms with Crippen molar-refractivity contribution in [1.29, 1.82) is 0 Å². The van der Waals surface area contributed by atoms with Crippen LogP contribution in [-0.2, 0) is 4.79 Å². The van der Waals surface area contributed by atoms with Gasteiger partial charge in [0.25, 0.3) is 0 Å². The number of amides is 1. The second kappa shape index (κ2) is 4.37. The first kappa shape index (κ1) is 9.41. The van der Waals surface area contributed by atoms with Crippen molar-refractivity contribution in [3.05, 3.63) is 20.8 Å². The van der Waals surface area contributed by atoms with Crippen LogP contribution in [0.2, 0.25) is 0 Å². The molecule has 0 fully saturated rings. The maximum atomic E-state index is 10.4. The van der Waals surface area contributed by atoms with Crippen LogP contribution in [-0.4, -0.2) is 12.1 Å².